The van der Waals surface area contributed by atoms with Gasteiger partial charge in [-0.05, 0) is 51.4 Å². The molecule has 3 unspecified atom stereocenters. The molecule has 3 heteroatoms. The van der Waals surface area contributed by atoms with Gasteiger partial charge in [-0.3, -0.25) is 4.90 Å². The van der Waals surface area contributed by atoms with E-state index in [1.165, 1.54) is 58.5 Å². The van der Waals surface area contributed by atoms with Crippen LogP contribution in [0.5, 0.6) is 0 Å². The lowest BCUT2D eigenvalue weighted by Gasteiger charge is -2.32. The van der Waals surface area contributed by atoms with Crippen LogP contribution in [0, 0.1) is 5.92 Å². The van der Waals surface area contributed by atoms with Gasteiger partial charge in [-0.25, -0.2) is 0 Å². The zero-order valence-electron chi connectivity index (χ0n) is 12.5. The molecule has 0 aromatic heterocycles. The monoisotopic (exact) mass is 253 g/mol. The number of likely N-dealkylation sites (N-methyl/N-ethyl adjacent to an activating group) is 1. The summed E-state index contributed by atoms with van der Waals surface area (Å²) < 4.78 is 0. The smallest absolute Gasteiger partial charge is 0.0235 e. The van der Waals surface area contributed by atoms with Gasteiger partial charge in [0.25, 0.3) is 0 Å². The summed E-state index contributed by atoms with van der Waals surface area (Å²) in [5, 5.41) is 3.69. The fourth-order valence-electron chi connectivity index (χ4n) is 3.69. The van der Waals surface area contributed by atoms with E-state index in [9.17, 15) is 0 Å². The number of rotatable bonds is 5. The highest BCUT2D eigenvalue weighted by Crippen LogP contribution is 2.19. The molecule has 0 radical (unpaired) electrons. The quantitative estimate of drug-likeness (QED) is 0.806. The molecular formula is C15H31N3. The van der Waals surface area contributed by atoms with E-state index in [4.69, 9.17) is 0 Å². The Morgan fingerprint density at radius 3 is 2.67 bits per heavy atom. The van der Waals surface area contributed by atoms with Crippen molar-refractivity contribution < 1.29 is 0 Å². The van der Waals surface area contributed by atoms with Crippen LogP contribution in [0.1, 0.15) is 40.0 Å². The molecule has 0 amide bonds. The van der Waals surface area contributed by atoms with Crippen LogP contribution in [-0.2, 0) is 0 Å². The van der Waals surface area contributed by atoms with Crippen LogP contribution in [0.4, 0.5) is 0 Å². The summed E-state index contributed by atoms with van der Waals surface area (Å²) in [4.78, 5) is 5.30. The molecule has 1 N–H and O–H groups in total. The lowest BCUT2D eigenvalue weighted by atomic mass is 9.94. The SMILES string of the molecule is CCN(CC)C1CCN(CC2CC(C)CCN2)C1. The highest BCUT2D eigenvalue weighted by molar-refractivity contribution is 4.86. The van der Waals surface area contributed by atoms with Gasteiger partial charge in [-0.1, -0.05) is 20.8 Å². The second-order valence-electron chi connectivity index (χ2n) is 6.20. The number of nitrogens with one attached hydrogen (secondary N) is 1. The lowest BCUT2D eigenvalue weighted by molar-refractivity contribution is 0.194. The first-order chi connectivity index (χ1) is 8.72. The summed E-state index contributed by atoms with van der Waals surface area (Å²) in [5.74, 6) is 0.914. The van der Waals surface area contributed by atoms with E-state index < -0.39 is 0 Å². The third kappa shape index (κ3) is 3.69. The summed E-state index contributed by atoms with van der Waals surface area (Å²) in [5.41, 5.74) is 0. The fourth-order valence-corrected chi connectivity index (χ4v) is 3.69. The molecule has 106 valence electrons. The van der Waals surface area contributed by atoms with E-state index in [1.807, 2.05) is 0 Å². The fraction of sp³-hybridized carbons (Fsp3) is 1.00. The van der Waals surface area contributed by atoms with Crippen molar-refractivity contribution in [2.24, 2.45) is 5.92 Å². The number of nitrogens with zero attached hydrogens (tertiary/aromatic N) is 2. The Morgan fingerprint density at radius 1 is 1.22 bits per heavy atom. The standard InChI is InChI=1S/C15H31N3/c1-4-18(5-2)15-7-9-17(12-15)11-14-10-13(3)6-8-16-14/h13-16H,4-12H2,1-3H3. The molecule has 0 spiro atoms. The molecule has 0 bridgehead atoms. The molecule has 2 aliphatic heterocycles. The minimum absolute atomic E-state index is 0.740. The molecule has 2 fully saturated rings. The molecule has 2 aliphatic rings. The molecule has 0 aliphatic carbocycles. The van der Waals surface area contributed by atoms with Crippen LogP contribution in [0.25, 0.3) is 0 Å². The van der Waals surface area contributed by atoms with E-state index in [-0.39, 0.29) is 0 Å². The Balaban J connectivity index is 1.75. The van der Waals surface area contributed by atoms with Gasteiger partial charge in [0.05, 0.1) is 0 Å². The topological polar surface area (TPSA) is 18.5 Å². The molecule has 2 rings (SSSR count). The molecular weight excluding hydrogens is 222 g/mol. The van der Waals surface area contributed by atoms with Crippen LogP contribution in [0.15, 0.2) is 0 Å². The molecule has 2 saturated heterocycles. The Morgan fingerprint density at radius 2 is 2.00 bits per heavy atom. The van der Waals surface area contributed by atoms with E-state index in [0.29, 0.717) is 0 Å². The second-order valence-corrected chi connectivity index (χ2v) is 6.20. The van der Waals surface area contributed by atoms with Crippen molar-refractivity contribution in [1.29, 1.82) is 0 Å². The molecule has 0 saturated carbocycles. The first-order valence-electron chi connectivity index (χ1n) is 7.92. The van der Waals surface area contributed by atoms with Gasteiger partial charge >= 0.3 is 0 Å². The van der Waals surface area contributed by atoms with Crippen molar-refractivity contribution in [3.05, 3.63) is 0 Å². The second kappa shape index (κ2) is 6.88. The van der Waals surface area contributed by atoms with Gasteiger partial charge in [-0.15, -0.1) is 0 Å². The van der Waals surface area contributed by atoms with Crippen LogP contribution in [0.3, 0.4) is 0 Å². The predicted molar refractivity (Wildman–Crippen MR) is 78.0 cm³/mol. The summed E-state index contributed by atoms with van der Waals surface area (Å²) in [6.45, 7) is 14.5. The van der Waals surface area contributed by atoms with Crippen LogP contribution >= 0.6 is 0 Å². The summed E-state index contributed by atoms with van der Waals surface area (Å²) in [6.07, 6.45) is 4.09. The molecule has 18 heavy (non-hydrogen) atoms. The zero-order valence-corrected chi connectivity index (χ0v) is 12.5. The maximum atomic E-state index is 3.69. The largest absolute Gasteiger partial charge is 0.313 e. The van der Waals surface area contributed by atoms with Gasteiger partial charge in [0.15, 0.2) is 0 Å². The minimum atomic E-state index is 0.740. The maximum absolute atomic E-state index is 3.69. The maximum Gasteiger partial charge on any atom is 0.0235 e. The highest BCUT2D eigenvalue weighted by Gasteiger charge is 2.28. The van der Waals surface area contributed by atoms with E-state index >= 15 is 0 Å². The summed E-state index contributed by atoms with van der Waals surface area (Å²) >= 11 is 0. The Labute approximate surface area is 113 Å². The van der Waals surface area contributed by atoms with Gasteiger partial charge in [-0.2, -0.15) is 0 Å². The zero-order chi connectivity index (χ0) is 13.0. The van der Waals surface area contributed by atoms with Crippen LogP contribution < -0.4 is 5.32 Å². The summed E-state index contributed by atoms with van der Waals surface area (Å²) in [7, 11) is 0. The highest BCUT2D eigenvalue weighted by atomic mass is 15.3. The molecule has 2 heterocycles. The third-order valence-corrected chi connectivity index (χ3v) is 4.81. The third-order valence-electron chi connectivity index (χ3n) is 4.81. The van der Waals surface area contributed by atoms with Crippen molar-refractivity contribution in [3.8, 4) is 0 Å². The Bertz CT molecular complexity index is 240. The van der Waals surface area contributed by atoms with Crippen LogP contribution in [-0.4, -0.2) is 61.2 Å². The molecule has 0 aromatic carbocycles. The molecule has 3 nitrogen and oxygen atoms in total. The van der Waals surface area contributed by atoms with Crippen molar-refractivity contribution in [3.63, 3.8) is 0 Å². The minimum Gasteiger partial charge on any atom is -0.313 e. The van der Waals surface area contributed by atoms with Crippen molar-refractivity contribution in [2.75, 3.05) is 39.3 Å². The van der Waals surface area contributed by atoms with Gasteiger partial charge in [0.1, 0.15) is 0 Å². The van der Waals surface area contributed by atoms with Gasteiger partial charge in [0, 0.05) is 25.2 Å². The first-order valence-corrected chi connectivity index (χ1v) is 7.92. The van der Waals surface area contributed by atoms with Gasteiger partial charge in [0.2, 0.25) is 0 Å². The number of piperidine rings is 1. The lowest BCUT2D eigenvalue weighted by Crippen LogP contribution is -2.46. The average molecular weight is 253 g/mol. The molecule has 0 aromatic rings. The van der Waals surface area contributed by atoms with Crippen molar-refractivity contribution in [1.82, 2.24) is 15.1 Å². The van der Waals surface area contributed by atoms with E-state index in [0.717, 1.165) is 18.0 Å². The first kappa shape index (κ1) is 14.3. The number of likely N-dealkylation sites (tertiary alicyclic amines) is 1. The Hall–Kier alpha value is -0.120. The summed E-state index contributed by atoms with van der Waals surface area (Å²) in [6, 6.07) is 1.55. The molecule has 3 atom stereocenters. The van der Waals surface area contributed by atoms with Crippen LogP contribution in [0.2, 0.25) is 0 Å². The van der Waals surface area contributed by atoms with E-state index in [2.05, 4.69) is 35.9 Å². The predicted octanol–water partition coefficient (Wildman–Crippen LogP) is 1.79. The normalized spacial score (nSPS) is 34.3. The number of hydrogen-bond acceptors (Lipinski definition) is 3. The Kier molecular flexibility index (Phi) is 5.46. The average Bonchev–Trinajstić information content (AvgIpc) is 2.79. The van der Waals surface area contributed by atoms with Crippen molar-refractivity contribution in [2.45, 2.75) is 52.1 Å². The number of hydrogen-bond donors (Lipinski definition) is 1. The van der Waals surface area contributed by atoms with Crippen molar-refractivity contribution >= 4 is 0 Å². The van der Waals surface area contributed by atoms with E-state index in [1.54, 1.807) is 0 Å². The van der Waals surface area contributed by atoms with Gasteiger partial charge < -0.3 is 10.2 Å².